The monoisotopic (exact) mass is 253 g/mol. The summed E-state index contributed by atoms with van der Waals surface area (Å²) in [6.45, 7) is 5.55. The number of hydrogen-bond acceptors (Lipinski definition) is 4. The van der Waals surface area contributed by atoms with Crippen molar-refractivity contribution in [3.63, 3.8) is 0 Å². The zero-order valence-corrected chi connectivity index (χ0v) is 11.2. The lowest BCUT2D eigenvalue weighted by molar-refractivity contribution is -0.0843. The predicted octanol–water partition coefficient (Wildman–Crippen LogP) is 2.56. The number of furan rings is 1. The van der Waals surface area contributed by atoms with Crippen LogP contribution in [0.5, 0.6) is 0 Å². The minimum Gasteiger partial charge on any atom is -0.464 e. The molecule has 0 radical (unpaired) electrons. The second-order valence-electron chi connectivity index (χ2n) is 4.89. The molecule has 1 aromatic heterocycles. The van der Waals surface area contributed by atoms with Crippen molar-refractivity contribution < 1.29 is 13.9 Å². The highest BCUT2D eigenvalue weighted by Crippen LogP contribution is 2.28. The molecule has 0 spiro atoms. The van der Waals surface area contributed by atoms with Crippen LogP contribution in [0.15, 0.2) is 16.5 Å². The Balaban J connectivity index is 2.04. The van der Waals surface area contributed by atoms with Crippen molar-refractivity contribution >= 4 is 0 Å². The number of hydrogen-bond donors (Lipinski definition) is 1. The van der Waals surface area contributed by atoms with Crippen LogP contribution in [-0.4, -0.2) is 25.4 Å². The van der Waals surface area contributed by atoms with Gasteiger partial charge in [-0.25, -0.2) is 0 Å². The van der Waals surface area contributed by atoms with Gasteiger partial charge in [-0.2, -0.15) is 0 Å². The molecule has 18 heavy (non-hydrogen) atoms. The van der Waals surface area contributed by atoms with Gasteiger partial charge >= 0.3 is 0 Å². The molecule has 1 aliphatic rings. The highest BCUT2D eigenvalue weighted by Gasteiger charge is 2.27. The van der Waals surface area contributed by atoms with E-state index in [1.807, 2.05) is 19.1 Å². The Morgan fingerprint density at radius 1 is 1.39 bits per heavy atom. The summed E-state index contributed by atoms with van der Waals surface area (Å²) < 4.78 is 17.2. The molecule has 0 bridgehead atoms. The minimum atomic E-state index is -0.146. The van der Waals surface area contributed by atoms with Crippen LogP contribution in [0, 0.1) is 6.92 Å². The van der Waals surface area contributed by atoms with Crippen LogP contribution in [-0.2, 0) is 9.47 Å². The lowest BCUT2D eigenvalue weighted by Crippen LogP contribution is -2.34. The summed E-state index contributed by atoms with van der Waals surface area (Å²) in [5.41, 5.74) is 6.16. The summed E-state index contributed by atoms with van der Waals surface area (Å²) in [5, 5.41) is 0. The average Bonchev–Trinajstić information content (AvgIpc) is 2.83. The van der Waals surface area contributed by atoms with Gasteiger partial charge in [0.05, 0.1) is 6.10 Å². The van der Waals surface area contributed by atoms with Crippen molar-refractivity contribution in [2.75, 3.05) is 13.2 Å². The van der Waals surface area contributed by atoms with Gasteiger partial charge < -0.3 is 19.6 Å². The summed E-state index contributed by atoms with van der Waals surface area (Å²) in [7, 11) is 0. The maximum absolute atomic E-state index is 6.16. The van der Waals surface area contributed by atoms with Crippen molar-refractivity contribution in [2.45, 2.75) is 51.4 Å². The van der Waals surface area contributed by atoms with E-state index in [9.17, 15) is 0 Å². The molecule has 1 saturated heterocycles. The van der Waals surface area contributed by atoms with Crippen LogP contribution in [0.1, 0.15) is 43.8 Å². The topological polar surface area (TPSA) is 57.6 Å². The maximum Gasteiger partial charge on any atom is 0.134 e. The highest BCUT2D eigenvalue weighted by atomic mass is 16.5. The molecule has 4 heteroatoms. The highest BCUT2D eigenvalue weighted by molar-refractivity contribution is 5.10. The van der Waals surface area contributed by atoms with Crippen LogP contribution in [0.3, 0.4) is 0 Å². The van der Waals surface area contributed by atoms with Crippen LogP contribution < -0.4 is 5.73 Å². The van der Waals surface area contributed by atoms with E-state index < -0.39 is 0 Å². The first-order chi connectivity index (χ1) is 8.70. The number of rotatable bonds is 5. The molecule has 102 valence electrons. The van der Waals surface area contributed by atoms with Crippen molar-refractivity contribution in [1.82, 2.24) is 0 Å². The molecule has 0 aliphatic carbocycles. The van der Waals surface area contributed by atoms with E-state index in [-0.39, 0.29) is 18.2 Å². The Morgan fingerprint density at radius 2 is 2.11 bits per heavy atom. The molecule has 2 rings (SSSR count). The van der Waals surface area contributed by atoms with Gasteiger partial charge in [0, 0.05) is 19.3 Å². The van der Waals surface area contributed by atoms with Crippen molar-refractivity contribution in [3.05, 3.63) is 23.7 Å². The fourth-order valence-corrected chi connectivity index (χ4v) is 2.22. The first kappa shape index (κ1) is 13.6. The summed E-state index contributed by atoms with van der Waals surface area (Å²) in [4.78, 5) is 0. The summed E-state index contributed by atoms with van der Waals surface area (Å²) in [5.74, 6) is 1.74. The molecule has 1 aromatic rings. The summed E-state index contributed by atoms with van der Waals surface area (Å²) in [6, 6.07) is 3.89. The van der Waals surface area contributed by atoms with Gasteiger partial charge in [0.2, 0.25) is 0 Å². The maximum atomic E-state index is 6.16. The third-order valence-corrected chi connectivity index (χ3v) is 3.41. The number of aryl methyl sites for hydroxylation is 1. The van der Waals surface area contributed by atoms with E-state index in [0.717, 1.165) is 44.0 Å². The largest absolute Gasteiger partial charge is 0.464 e. The van der Waals surface area contributed by atoms with E-state index in [4.69, 9.17) is 19.6 Å². The lowest BCUT2D eigenvalue weighted by Gasteiger charge is -2.29. The summed E-state index contributed by atoms with van der Waals surface area (Å²) >= 11 is 0. The molecule has 1 fully saturated rings. The Kier molecular flexibility index (Phi) is 4.80. The van der Waals surface area contributed by atoms with Crippen LogP contribution in [0.4, 0.5) is 0 Å². The molecule has 2 atom stereocenters. The van der Waals surface area contributed by atoms with Gasteiger partial charge in [-0.3, -0.25) is 0 Å². The van der Waals surface area contributed by atoms with Crippen LogP contribution >= 0.6 is 0 Å². The average molecular weight is 253 g/mol. The van der Waals surface area contributed by atoms with E-state index >= 15 is 0 Å². The third kappa shape index (κ3) is 3.34. The second kappa shape index (κ2) is 6.36. The molecule has 2 heterocycles. The molecule has 0 aromatic carbocycles. The quantitative estimate of drug-likeness (QED) is 0.876. The van der Waals surface area contributed by atoms with Gasteiger partial charge in [-0.1, -0.05) is 6.92 Å². The Morgan fingerprint density at radius 3 is 2.67 bits per heavy atom. The first-order valence-corrected chi connectivity index (χ1v) is 6.75. The first-order valence-electron chi connectivity index (χ1n) is 6.75. The number of nitrogens with two attached hydrogens (primary N) is 1. The number of ether oxygens (including phenoxy) is 2. The molecule has 2 N–H and O–H groups in total. The van der Waals surface area contributed by atoms with E-state index in [1.165, 1.54) is 0 Å². The van der Waals surface area contributed by atoms with Crippen molar-refractivity contribution in [2.24, 2.45) is 5.73 Å². The fraction of sp³-hybridized carbons (Fsp3) is 0.714. The molecule has 4 nitrogen and oxygen atoms in total. The van der Waals surface area contributed by atoms with Gasteiger partial charge in [0.25, 0.3) is 0 Å². The van der Waals surface area contributed by atoms with Crippen molar-refractivity contribution in [1.29, 1.82) is 0 Å². The molecular formula is C14H23NO3. The molecular weight excluding hydrogens is 230 g/mol. The molecule has 0 amide bonds. The predicted molar refractivity (Wildman–Crippen MR) is 69.4 cm³/mol. The zero-order chi connectivity index (χ0) is 13.0. The van der Waals surface area contributed by atoms with E-state index in [0.29, 0.717) is 0 Å². The second-order valence-corrected chi connectivity index (χ2v) is 4.89. The van der Waals surface area contributed by atoms with E-state index in [1.54, 1.807) is 0 Å². The Labute approximate surface area is 108 Å². The van der Waals surface area contributed by atoms with Gasteiger partial charge in [-0.05, 0) is 38.3 Å². The van der Waals surface area contributed by atoms with Crippen LogP contribution in [0.2, 0.25) is 0 Å². The molecule has 0 saturated carbocycles. The van der Waals surface area contributed by atoms with Gasteiger partial charge in [0.1, 0.15) is 17.6 Å². The van der Waals surface area contributed by atoms with Crippen LogP contribution in [0.25, 0.3) is 0 Å². The zero-order valence-electron chi connectivity index (χ0n) is 11.2. The minimum absolute atomic E-state index is 0.0293. The Bertz CT molecular complexity index is 358. The van der Waals surface area contributed by atoms with E-state index in [2.05, 4.69) is 6.92 Å². The van der Waals surface area contributed by atoms with Gasteiger partial charge in [0.15, 0.2) is 0 Å². The normalized spacial score (nSPS) is 20.8. The lowest BCUT2D eigenvalue weighted by atomic mass is 10.1. The Hall–Kier alpha value is -0.840. The smallest absolute Gasteiger partial charge is 0.134 e. The van der Waals surface area contributed by atoms with Crippen molar-refractivity contribution in [3.8, 4) is 0 Å². The molecule has 2 unspecified atom stereocenters. The fourth-order valence-electron chi connectivity index (χ4n) is 2.22. The third-order valence-electron chi connectivity index (χ3n) is 3.41. The van der Waals surface area contributed by atoms with Gasteiger partial charge in [-0.15, -0.1) is 0 Å². The molecule has 1 aliphatic heterocycles. The SMILES string of the molecule is CCC(N)C(OC1CCOCC1)c1ccc(C)o1. The summed E-state index contributed by atoms with van der Waals surface area (Å²) in [6.07, 6.45) is 2.82. The standard InChI is InChI=1S/C14H23NO3/c1-3-12(15)14(13-5-4-10(2)17-13)18-11-6-8-16-9-7-11/h4-5,11-12,14H,3,6-9,15H2,1-2H3.